The van der Waals surface area contributed by atoms with Crippen LogP contribution in [-0.2, 0) is 10.6 Å². The Bertz CT molecular complexity index is 600. The molecule has 0 N–H and O–H groups in total. The molecule has 4 nitrogen and oxygen atoms in total. The van der Waals surface area contributed by atoms with E-state index in [-0.39, 0.29) is 0 Å². The second kappa shape index (κ2) is 5.49. The largest absolute Gasteiger partial charge is 0.378 e. The summed E-state index contributed by atoms with van der Waals surface area (Å²) in [7, 11) is 0. The normalized spacial score (nSPS) is 16.0. The lowest BCUT2D eigenvalue weighted by Crippen LogP contribution is -2.37. The van der Waals surface area contributed by atoms with Gasteiger partial charge in [0.25, 0.3) is 0 Å². The smallest absolute Gasteiger partial charge is 0.146 e. The van der Waals surface area contributed by atoms with Gasteiger partial charge in [0.05, 0.1) is 24.6 Å². The van der Waals surface area contributed by atoms with Crippen LogP contribution in [0.5, 0.6) is 0 Å². The van der Waals surface area contributed by atoms with E-state index >= 15 is 0 Å². The number of halogens is 2. The van der Waals surface area contributed by atoms with Crippen molar-refractivity contribution in [3.63, 3.8) is 0 Å². The molecule has 1 aromatic heterocycles. The number of fused-ring (bicyclic) bond motifs is 1. The molecule has 0 aliphatic carbocycles. The number of benzene rings is 1. The first kappa shape index (κ1) is 12.9. The van der Waals surface area contributed by atoms with Crippen molar-refractivity contribution in [1.29, 1.82) is 0 Å². The van der Waals surface area contributed by atoms with Gasteiger partial charge >= 0.3 is 0 Å². The summed E-state index contributed by atoms with van der Waals surface area (Å²) in [5.74, 6) is 1.83. The van der Waals surface area contributed by atoms with E-state index in [4.69, 9.17) is 27.9 Å². The highest BCUT2D eigenvalue weighted by atomic mass is 35.5. The molecule has 1 aliphatic rings. The zero-order chi connectivity index (χ0) is 13.2. The number of hydrogen-bond acceptors (Lipinski definition) is 4. The van der Waals surface area contributed by atoms with Gasteiger partial charge in [-0.2, -0.15) is 0 Å². The molecule has 6 heteroatoms. The Morgan fingerprint density at radius 1 is 1.21 bits per heavy atom. The van der Waals surface area contributed by atoms with Crippen LogP contribution in [0, 0.1) is 0 Å². The van der Waals surface area contributed by atoms with Crippen LogP contribution in [-0.4, -0.2) is 36.3 Å². The van der Waals surface area contributed by atoms with Gasteiger partial charge in [-0.05, 0) is 18.2 Å². The Morgan fingerprint density at radius 3 is 2.74 bits per heavy atom. The maximum Gasteiger partial charge on any atom is 0.146 e. The summed E-state index contributed by atoms with van der Waals surface area (Å²) in [5.41, 5.74) is 0.872. The van der Waals surface area contributed by atoms with Crippen LogP contribution < -0.4 is 4.90 Å². The van der Waals surface area contributed by atoms with E-state index in [1.54, 1.807) is 0 Å². The van der Waals surface area contributed by atoms with Crippen molar-refractivity contribution in [2.45, 2.75) is 5.88 Å². The van der Waals surface area contributed by atoms with Gasteiger partial charge in [0.2, 0.25) is 0 Å². The van der Waals surface area contributed by atoms with Crippen LogP contribution in [0.3, 0.4) is 0 Å². The predicted octanol–water partition coefficient (Wildman–Crippen LogP) is 2.86. The summed E-state index contributed by atoms with van der Waals surface area (Å²) >= 11 is 12.0. The number of morpholine rings is 1. The highest BCUT2D eigenvalue weighted by Gasteiger charge is 2.17. The van der Waals surface area contributed by atoms with Crippen molar-refractivity contribution in [2.75, 3.05) is 31.2 Å². The molecule has 1 aliphatic heterocycles. The number of aromatic nitrogens is 2. The fourth-order valence-corrected chi connectivity index (χ4v) is 2.50. The van der Waals surface area contributed by atoms with Gasteiger partial charge in [0, 0.05) is 23.5 Å². The molecule has 0 amide bonds. The van der Waals surface area contributed by atoms with Crippen molar-refractivity contribution in [1.82, 2.24) is 9.97 Å². The van der Waals surface area contributed by atoms with Crippen molar-refractivity contribution in [3.05, 3.63) is 29.0 Å². The maximum atomic E-state index is 6.08. The molecule has 19 heavy (non-hydrogen) atoms. The Morgan fingerprint density at radius 2 is 2.00 bits per heavy atom. The Balaban J connectivity index is 2.15. The standard InChI is InChI=1S/C13H13Cl2N3O/c14-8-12-16-11-2-1-9(15)7-10(11)13(17-12)18-3-5-19-6-4-18/h1-2,7H,3-6,8H2. The summed E-state index contributed by atoms with van der Waals surface area (Å²) in [6, 6.07) is 5.64. The van der Waals surface area contributed by atoms with Crippen molar-refractivity contribution in [3.8, 4) is 0 Å². The average molecular weight is 298 g/mol. The molecule has 1 fully saturated rings. The highest BCUT2D eigenvalue weighted by Crippen LogP contribution is 2.27. The Hall–Kier alpha value is -1.10. The van der Waals surface area contributed by atoms with E-state index in [1.165, 1.54) is 0 Å². The molecule has 0 unspecified atom stereocenters. The lowest BCUT2D eigenvalue weighted by molar-refractivity contribution is 0.122. The van der Waals surface area contributed by atoms with Crippen LogP contribution in [0.1, 0.15) is 5.82 Å². The van der Waals surface area contributed by atoms with Crippen LogP contribution >= 0.6 is 23.2 Å². The van der Waals surface area contributed by atoms with Crippen molar-refractivity contribution < 1.29 is 4.74 Å². The fourth-order valence-electron chi connectivity index (χ4n) is 2.21. The third-order valence-corrected chi connectivity index (χ3v) is 3.59. The number of alkyl halides is 1. The first-order valence-corrected chi connectivity index (χ1v) is 7.04. The third kappa shape index (κ3) is 2.61. The SMILES string of the molecule is ClCc1nc(N2CCOCC2)c2cc(Cl)ccc2n1. The van der Waals surface area contributed by atoms with Gasteiger partial charge < -0.3 is 9.64 Å². The lowest BCUT2D eigenvalue weighted by Gasteiger charge is -2.28. The average Bonchev–Trinajstić information content (AvgIpc) is 2.47. The van der Waals surface area contributed by atoms with E-state index in [1.807, 2.05) is 18.2 Å². The first-order chi connectivity index (χ1) is 9.28. The molecule has 0 spiro atoms. The van der Waals surface area contributed by atoms with Crippen molar-refractivity contribution in [2.24, 2.45) is 0 Å². The minimum atomic E-state index is 0.301. The summed E-state index contributed by atoms with van der Waals surface area (Å²) in [4.78, 5) is 11.2. The van der Waals surface area contributed by atoms with Crippen LogP contribution in [0.4, 0.5) is 5.82 Å². The maximum absolute atomic E-state index is 6.08. The zero-order valence-corrected chi connectivity index (χ0v) is 11.8. The lowest BCUT2D eigenvalue weighted by atomic mass is 10.2. The van der Waals surface area contributed by atoms with Gasteiger partial charge in [0.1, 0.15) is 11.6 Å². The molecule has 2 heterocycles. The number of rotatable bonds is 2. The van der Waals surface area contributed by atoms with Crippen LogP contribution in [0.25, 0.3) is 10.9 Å². The topological polar surface area (TPSA) is 38.2 Å². The van der Waals surface area contributed by atoms with Gasteiger partial charge in [0.15, 0.2) is 0 Å². The van der Waals surface area contributed by atoms with Gasteiger partial charge in [-0.15, -0.1) is 11.6 Å². The third-order valence-electron chi connectivity index (χ3n) is 3.11. The summed E-state index contributed by atoms with van der Waals surface area (Å²) < 4.78 is 5.38. The molecule has 3 rings (SSSR count). The van der Waals surface area contributed by atoms with Crippen molar-refractivity contribution >= 4 is 39.9 Å². The fraction of sp³-hybridized carbons (Fsp3) is 0.385. The number of ether oxygens (including phenoxy) is 1. The van der Waals surface area contributed by atoms with Gasteiger partial charge in [-0.1, -0.05) is 11.6 Å². The monoisotopic (exact) mass is 297 g/mol. The zero-order valence-electron chi connectivity index (χ0n) is 10.3. The quantitative estimate of drug-likeness (QED) is 0.799. The van der Waals surface area contributed by atoms with E-state index < -0.39 is 0 Å². The molecule has 0 atom stereocenters. The molecule has 0 radical (unpaired) electrons. The first-order valence-electron chi connectivity index (χ1n) is 6.13. The molecule has 0 bridgehead atoms. The summed E-state index contributed by atoms with van der Waals surface area (Å²) in [5, 5.41) is 1.65. The molecule has 1 aromatic carbocycles. The molecule has 1 saturated heterocycles. The van der Waals surface area contributed by atoms with E-state index in [9.17, 15) is 0 Å². The number of nitrogens with zero attached hydrogens (tertiary/aromatic N) is 3. The van der Waals surface area contributed by atoms with E-state index in [0.717, 1.165) is 29.8 Å². The van der Waals surface area contributed by atoms with Crippen LogP contribution in [0.2, 0.25) is 5.02 Å². The Labute approximate surface area is 121 Å². The number of hydrogen-bond donors (Lipinski definition) is 0. The highest BCUT2D eigenvalue weighted by molar-refractivity contribution is 6.31. The van der Waals surface area contributed by atoms with E-state index in [0.29, 0.717) is 29.9 Å². The minimum absolute atomic E-state index is 0.301. The van der Waals surface area contributed by atoms with Crippen LogP contribution in [0.15, 0.2) is 18.2 Å². The molecular weight excluding hydrogens is 285 g/mol. The molecule has 0 saturated carbocycles. The number of anilines is 1. The second-order valence-corrected chi connectivity index (χ2v) is 5.06. The van der Waals surface area contributed by atoms with E-state index in [2.05, 4.69) is 14.9 Å². The van der Waals surface area contributed by atoms with Gasteiger partial charge in [-0.25, -0.2) is 9.97 Å². The van der Waals surface area contributed by atoms with Gasteiger partial charge in [-0.3, -0.25) is 0 Å². The molecular formula is C13H13Cl2N3O. The summed E-state index contributed by atoms with van der Waals surface area (Å²) in [6.45, 7) is 3.06. The molecule has 2 aromatic rings. The summed E-state index contributed by atoms with van der Waals surface area (Å²) in [6.07, 6.45) is 0. The minimum Gasteiger partial charge on any atom is -0.378 e. The molecule has 100 valence electrons. The Kier molecular flexibility index (Phi) is 3.73. The second-order valence-electron chi connectivity index (χ2n) is 4.36. The predicted molar refractivity (Wildman–Crippen MR) is 77.1 cm³/mol.